The van der Waals surface area contributed by atoms with Crippen molar-refractivity contribution < 1.29 is 4.74 Å². The second kappa shape index (κ2) is 5.96. The second-order valence-corrected chi connectivity index (χ2v) is 6.33. The molecule has 22 heavy (non-hydrogen) atoms. The largest absolute Gasteiger partial charge is 0.496 e. The van der Waals surface area contributed by atoms with Gasteiger partial charge >= 0.3 is 0 Å². The number of anilines is 1. The van der Waals surface area contributed by atoms with Gasteiger partial charge in [-0.15, -0.1) is 0 Å². The summed E-state index contributed by atoms with van der Waals surface area (Å²) in [6, 6.07) is 4.10. The molecule has 0 fully saturated rings. The maximum absolute atomic E-state index is 5.49. The van der Waals surface area contributed by atoms with Crippen molar-refractivity contribution in [3.8, 4) is 5.75 Å². The summed E-state index contributed by atoms with van der Waals surface area (Å²) < 4.78 is 5.49. The van der Waals surface area contributed by atoms with Gasteiger partial charge in [-0.05, 0) is 44.6 Å². The summed E-state index contributed by atoms with van der Waals surface area (Å²) >= 11 is 4.73. The molecule has 1 aliphatic heterocycles. The summed E-state index contributed by atoms with van der Waals surface area (Å²) in [6.07, 6.45) is 3.92. The lowest BCUT2D eigenvalue weighted by Gasteiger charge is -2.40. The molecule has 0 aromatic heterocycles. The Morgan fingerprint density at radius 2 is 2.14 bits per heavy atom. The third kappa shape index (κ3) is 3.06. The summed E-state index contributed by atoms with van der Waals surface area (Å²) in [5.74, 6) is 0.754. The molecule has 0 radical (unpaired) electrons. The SMILES string of the molecule is COc1cc2c(cc1/C=N\NC(N)=S)C(C)=CC(C)(C)N2C. The van der Waals surface area contributed by atoms with E-state index < -0.39 is 0 Å². The van der Waals surface area contributed by atoms with Crippen LogP contribution in [-0.4, -0.2) is 31.0 Å². The summed E-state index contributed by atoms with van der Waals surface area (Å²) in [7, 11) is 3.74. The smallest absolute Gasteiger partial charge is 0.184 e. The molecule has 1 heterocycles. The van der Waals surface area contributed by atoms with Gasteiger partial charge in [0, 0.05) is 29.9 Å². The van der Waals surface area contributed by atoms with E-state index in [1.807, 2.05) is 6.07 Å². The highest BCUT2D eigenvalue weighted by Gasteiger charge is 2.29. The van der Waals surface area contributed by atoms with Crippen molar-refractivity contribution in [3.63, 3.8) is 0 Å². The predicted octanol–water partition coefficient (Wildman–Crippen LogP) is 2.49. The summed E-state index contributed by atoms with van der Waals surface area (Å²) in [5, 5.41) is 4.15. The Kier molecular flexibility index (Phi) is 4.42. The molecule has 1 aliphatic rings. The van der Waals surface area contributed by atoms with E-state index in [2.05, 4.69) is 55.4 Å². The fourth-order valence-electron chi connectivity index (χ4n) is 2.64. The van der Waals surface area contributed by atoms with Crippen LogP contribution in [0, 0.1) is 0 Å². The van der Waals surface area contributed by atoms with Gasteiger partial charge in [-0.25, -0.2) is 0 Å². The highest BCUT2D eigenvalue weighted by atomic mass is 32.1. The Bertz CT molecular complexity index is 664. The number of benzene rings is 1. The minimum atomic E-state index is -0.0367. The molecule has 1 aromatic rings. The number of nitrogens with one attached hydrogen (secondary N) is 1. The number of allylic oxidation sites excluding steroid dienone is 1. The Morgan fingerprint density at radius 3 is 2.73 bits per heavy atom. The number of thiocarbonyl (C=S) groups is 1. The molecular weight excluding hydrogens is 296 g/mol. The van der Waals surface area contributed by atoms with Crippen LogP contribution in [0.3, 0.4) is 0 Å². The van der Waals surface area contributed by atoms with Crippen molar-refractivity contribution >= 4 is 34.8 Å². The van der Waals surface area contributed by atoms with Crippen LogP contribution in [0.2, 0.25) is 0 Å². The number of nitrogens with two attached hydrogens (primary N) is 1. The lowest BCUT2D eigenvalue weighted by Crippen LogP contribution is -2.42. The number of hydrogen-bond acceptors (Lipinski definition) is 4. The first-order valence-electron chi connectivity index (χ1n) is 7.00. The normalized spacial score (nSPS) is 16.2. The van der Waals surface area contributed by atoms with E-state index in [0.29, 0.717) is 0 Å². The van der Waals surface area contributed by atoms with E-state index in [0.717, 1.165) is 17.0 Å². The van der Waals surface area contributed by atoms with Crippen molar-refractivity contribution in [3.05, 3.63) is 29.3 Å². The van der Waals surface area contributed by atoms with Gasteiger partial charge in [0.15, 0.2) is 5.11 Å². The fraction of sp³-hybridized carbons (Fsp3) is 0.375. The van der Waals surface area contributed by atoms with Crippen LogP contribution in [0.5, 0.6) is 5.75 Å². The Labute approximate surface area is 136 Å². The van der Waals surface area contributed by atoms with Crippen LogP contribution < -0.4 is 20.8 Å². The topological polar surface area (TPSA) is 62.9 Å². The van der Waals surface area contributed by atoms with Crippen LogP contribution in [0.4, 0.5) is 5.69 Å². The molecule has 3 N–H and O–H groups in total. The van der Waals surface area contributed by atoms with Gasteiger partial charge in [0.05, 0.1) is 18.9 Å². The minimum Gasteiger partial charge on any atom is -0.496 e. The minimum absolute atomic E-state index is 0.0367. The zero-order valence-electron chi connectivity index (χ0n) is 13.6. The van der Waals surface area contributed by atoms with Crippen LogP contribution in [-0.2, 0) is 0 Å². The van der Waals surface area contributed by atoms with Crippen LogP contribution in [0.25, 0.3) is 5.57 Å². The van der Waals surface area contributed by atoms with Crippen molar-refractivity contribution in [1.29, 1.82) is 0 Å². The molecule has 0 bridgehead atoms. The number of ether oxygens (including phenoxy) is 1. The maximum atomic E-state index is 5.49. The van der Waals surface area contributed by atoms with Crippen LogP contribution in [0.15, 0.2) is 23.3 Å². The molecule has 2 rings (SSSR count). The number of nitrogens with zero attached hydrogens (tertiary/aromatic N) is 2. The molecule has 1 aromatic carbocycles. The number of methoxy groups -OCH3 is 1. The van der Waals surface area contributed by atoms with Crippen LogP contribution >= 0.6 is 12.2 Å². The van der Waals surface area contributed by atoms with Crippen LogP contribution in [0.1, 0.15) is 31.9 Å². The quantitative estimate of drug-likeness (QED) is 0.509. The predicted molar refractivity (Wildman–Crippen MR) is 96.6 cm³/mol. The first-order chi connectivity index (χ1) is 10.3. The number of fused-ring (bicyclic) bond motifs is 1. The van der Waals surface area contributed by atoms with Gasteiger partial charge in [0.25, 0.3) is 0 Å². The molecule has 5 nitrogen and oxygen atoms in total. The molecule has 0 atom stereocenters. The van der Waals surface area contributed by atoms with Crippen molar-refractivity contribution in [1.82, 2.24) is 5.43 Å². The average Bonchev–Trinajstić information content (AvgIpc) is 2.43. The van der Waals surface area contributed by atoms with E-state index in [1.54, 1.807) is 13.3 Å². The average molecular weight is 318 g/mol. The number of hydrogen-bond donors (Lipinski definition) is 2. The van der Waals surface area contributed by atoms with E-state index in [9.17, 15) is 0 Å². The summed E-state index contributed by atoms with van der Waals surface area (Å²) in [6.45, 7) is 6.50. The van der Waals surface area contributed by atoms with Gasteiger partial charge in [-0.3, -0.25) is 5.43 Å². The molecule has 0 amide bonds. The lowest BCUT2D eigenvalue weighted by molar-refractivity contribution is 0.413. The zero-order chi connectivity index (χ0) is 16.5. The molecule has 0 aliphatic carbocycles. The number of rotatable bonds is 3. The molecule has 0 unspecified atom stereocenters. The van der Waals surface area contributed by atoms with E-state index in [-0.39, 0.29) is 10.7 Å². The van der Waals surface area contributed by atoms with Gasteiger partial charge in [0.2, 0.25) is 0 Å². The first kappa shape index (κ1) is 16.3. The summed E-state index contributed by atoms with van der Waals surface area (Å²) in [5.41, 5.74) is 12.3. The van der Waals surface area contributed by atoms with E-state index >= 15 is 0 Å². The van der Waals surface area contributed by atoms with Gasteiger partial charge in [-0.1, -0.05) is 6.08 Å². The molecule has 6 heteroatoms. The van der Waals surface area contributed by atoms with Gasteiger partial charge in [-0.2, -0.15) is 5.10 Å². The molecular formula is C16H22N4OS. The highest BCUT2D eigenvalue weighted by molar-refractivity contribution is 7.80. The number of hydrazone groups is 1. The Balaban J connectivity index is 2.51. The lowest BCUT2D eigenvalue weighted by atomic mass is 9.88. The third-order valence-electron chi connectivity index (χ3n) is 3.95. The Hall–Kier alpha value is -2.08. The summed E-state index contributed by atoms with van der Waals surface area (Å²) in [4.78, 5) is 2.24. The molecule has 0 saturated heterocycles. The van der Waals surface area contributed by atoms with E-state index in [4.69, 9.17) is 22.7 Å². The maximum Gasteiger partial charge on any atom is 0.184 e. The van der Waals surface area contributed by atoms with Crippen molar-refractivity contribution in [2.45, 2.75) is 26.3 Å². The zero-order valence-corrected chi connectivity index (χ0v) is 14.4. The van der Waals surface area contributed by atoms with Crippen molar-refractivity contribution in [2.24, 2.45) is 10.8 Å². The van der Waals surface area contributed by atoms with Gasteiger partial charge in [0.1, 0.15) is 5.75 Å². The first-order valence-corrected chi connectivity index (χ1v) is 7.41. The molecule has 0 spiro atoms. The monoisotopic (exact) mass is 318 g/mol. The molecule has 118 valence electrons. The molecule has 0 saturated carbocycles. The number of likely N-dealkylation sites (N-methyl/N-ethyl adjacent to an activating group) is 1. The Morgan fingerprint density at radius 1 is 1.45 bits per heavy atom. The third-order valence-corrected chi connectivity index (χ3v) is 4.04. The standard InChI is InChI=1S/C16H22N4OS/c1-10-8-16(2,3)20(4)13-7-14(21-5)11(6-12(10)13)9-18-19-15(17)22/h6-9H,1-5H3,(H3,17,19,22)/b18-9-. The van der Waals surface area contributed by atoms with Crippen molar-refractivity contribution in [2.75, 3.05) is 19.1 Å². The highest BCUT2D eigenvalue weighted by Crippen LogP contribution is 2.40. The van der Waals surface area contributed by atoms with Gasteiger partial charge < -0.3 is 15.4 Å². The van der Waals surface area contributed by atoms with E-state index in [1.165, 1.54) is 11.1 Å². The fourth-order valence-corrected chi connectivity index (χ4v) is 2.69. The second-order valence-electron chi connectivity index (χ2n) is 5.89.